The van der Waals surface area contributed by atoms with Crippen LogP contribution in [0.2, 0.25) is 0 Å². The molecule has 0 bridgehead atoms. The van der Waals surface area contributed by atoms with Crippen molar-refractivity contribution in [2.24, 2.45) is 5.92 Å². The van der Waals surface area contributed by atoms with E-state index in [1.165, 1.54) is 0 Å². The topological polar surface area (TPSA) is 50.9 Å². The van der Waals surface area contributed by atoms with Crippen LogP contribution in [0.1, 0.15) is 32.4 Å². The van der Waals surface area contributed by atoms with Crippen LogP contribution < -0.4 is 0 Å². The van der Waals surface area contributed by atoms with Crippen LogP contribution in [0.15, 0.2) is 6.20 Å². The van der Waals surface area contributed by atoms with E-state index in [1.54, 1.807) is 0 Å². The fraction of sp³-hybridized carbons (Fsp3) is 0.800. The summed E-state index contributed by atoms with van der Waals surface area (Å²) in [6.45, 7) is 5.53. The van der Waals surface area contributed by atoms with Crippen LogP contribution in [0, 0.1) is 5.92 Å². The van der Waals surface area contributed by atoms with Gasteiger partial charge < -0.3 is 5.11 Å². The molecule has 0 aromatic carbocycles. The summed E-state index contributed by atoms with van der Waals surface area (Å²) in [6, 6.07) is 0. The van der Waals surface area contributed by atoms with Crippen molar-refractivity contribution >= 4 is 0 Å². The second-order valence-electron chi connectivity index (χ2n) is 3.77. The fourth-order valence-corrected chi connectivity index (χ4v) is 1.25. The summed E-state index contributed by atoms with van der Waals surface area (Å²) >= 11 is 0. The summed E-state index contributed by atoms with van der Waals surface area (Å²) in [6.07, 6.45) is 4.71. The van der Waals surface area contributed by atoms with E-state index in [1.807, 2.05) is 10.9 Å². The molecule has 0 aliphatic heterocycles. The Labute approximate surface area is 84.9 Å². The molecule has 0 fully saturated rings. The number of hydrogen-bond acceptors (Lipinski definition) is 3. The highest BCUT2D eigenvalue weighted by Gasteiger charge is 2.03. The lowest BCUT2D eigenvalue weighted by Gasteiger charge is -2.06. The molecular formula is C10H19N3O. The molecule has 1 heterocycles. The zero-order valence-corrected chi connectivity index (χ0v) is 8.98. The van der Waals surface area contributed by atoms with E-state index in [0.29, 0.717) is 5.92 Å². The van der Waals surface area contributed by atoms with Crippen molar-refractivity contribution in [1.82, 2.24) is 15.0 Å². The van der Waals surface area contributed by atoms with Gasteiger partial charge >= 0.3 is 0 Å². The number of aliphatic hydroxyl groups is 1. The number of nitrogens with zero attached hydrogens (tertiary/aromatic N) is 3. The fourth-order valence-electron chi connectivity index (χ4n) is 1.25. The Morgan fingerprint density at radius 1 is 1.57 bits per heavy atom. The number of rotatable bonds is 6. The van der Waals surface area contributed by atoms with Crippen LogP contribution in [0.4, 0.5) is 0 Å². The van der Waals surface area contributed by atoms with Gasteiger partial charge in [-0.1, -0.05) is 25.5 Å². The number of aliphatic hydroxyl groups excluding tert-OH is 1. The molecule has 4 nitrogen and oxygen atoms in total. The van der Waals surface area contributed by atoms with Gasteiger partial charge in [-0.2, -0.15) is 0 Å². The molecule has 1 N–H and O–H groups in total. The van der Waals surface area contributed by atoms with Gasteiger partial charge in [0.1, 0.15) is 0 Å². The minimum absolute atomic E-state index is 0.220. The molecule has 0 spiro atoms. The summed E-state index contributed by atoms with van der Waals surface area (Å²) in [4.78, 5) is 0. The summed E-state index contributed by atoms with van der Waals surface area (Å²) in [5, 5.41) is 16.7. The van der Waals surface area contributed by atoms with Crippen molar-refractivity contribution in [2.75, 3.05) is 6.61 Å². The van der Waals surface area contributed by atoms with Crippen molar-refractivity contribution in [3.05, 3.63) is 11.9 Å². The molecule has 1 rings (SSSR count). The van der Waals surface area contributed by atoms with Crippen LogP contribution >= 0.6 is 0 Å². The van der Waals surface area contributed by atoms with Gasteiger partial charge in [0.15, 0.2) is 0 Å². The molecule has 0 aliphatic carbocycles. The largest absolute Gasteiger partial charge is 0.396 e. The van der Waals surface area contributed by atoms with E-state index in [4.69, 9.17) is 5.11 Å². The number of hydrogen-bond donors (Lipinski definition) is 1. The lowest BCUT2D eigenvalue weighted by molar-refractivity contribution is 0.288. The highest BCUT2D eigenvalue weighted by Crippen LogP contribution is 2.05. The Hall–Kier alpha value is -0.900. The predicted molar refractivity (Wildman–Crippen MR) is 54.9 cm³/mol. The van der Waals surface area contributed by atoms with Gasteiger partial charge in [-0.3, -0.25) is 4.68 Å². The third-order valence-corrected chi connectivity index (χ3v) is 2.37. The highest BCUT2D eigenvalue weighted by molar-refractivity contribution is 4.92. The minimum Gasteiger partial charge on any atom is -0.396 e. The molecule has 0 radical (unpaired) electrons. The third-order valence-electron chi connectivity index (χ3n) is 2.37. The Balaban J connectivity index is 2.42. The van der Waals surface area contributed by atoms with Crippen LogP contribution in [0.25, 0.3) is 0 Å². The first-order valence-electron chi connectivity index (χ1n) is 5.26. The first-order chi connectivity index (χ1) is 6.76. The molecule has 0 amide bonds. The smallest absolute Gasteiger partial charge is 0.0828 e. The van der Waals surface area contributed by atoms with Crippen LogP contribution in [0.5, 0.6) is 0 Å². The molecule has 1 aromatic rings. The van der Waals surface area contributed by atoms with Gasteiger partial charge in [-0.25, -0.2) is 0 Å². The molecule has 0 aliphatic rings. The standard InChI is InChI=1S/C10H19N3O/c1-3-9(2)7-13-8-10(11-12-13)5-4-6-14/h8-9,14H,3-7H2,1-2H3. The van der Waals surface area contributed by atoms with Crippen molar-refractivity contribution in [3.63, 3.8) is 0 Å². The average molecular weight is 197 g/mol. The van der Waals surface area contributed by atoms with E-state index < -0.39 is 0 Å². The highest BCUT2D eigenvalue weighted by atomic mass is 16.2. The minimum atomic E-state index is 0.220. The van der Waals surface area contributed by atoms with E-state index in [9.17, 15) is 0 Å². The van der Waals surface area contributed by atoms with Crippen molar-refractivity contribution in [3.8, 4) is 0 Å². The molecule has 14 heavy (non-hydrogen) atoms. The van der Waals surface area contributed by atoms with E-state index in [2.05, 4.69) is 24.2 Å². The summed E-state index contributed by atoms with van der Waals surface area (Å²) in [5.41, 5.74) is 0.974. The van der Waals surface area contributed by atoms with Gasteiger partial charge in [0.05, 0.1) is 5.69 Å². The molecule has 1 aromatic heterocycles. The quantitative estimate of drug-likeness (QED) is 0.746. The normalized spacial score (nSPS) is 13.1. The maximum absolute atomic E-state index is 8.66. The Morgan fingerprint density at radius 3 is 3.00 bits per heavy atom. The van der Waals surface area contributed by atoms with E-state index in [0.717, 1.165) is 31.5 Å². The number of aryl methyl sites for hydroxylation is 1. The van der Waals surface area contributed by atoms with Crippen LogP contribution in [-0.2, 0) is 13.0 Å². The van der Waals surface area contributed by atoms with Gasteiger partial charge in [0, 0.05) is 19.3 Å². The SMILES string of the molecule is CCC(C)Cn1cc(CCCO)nn1. The molecule has 0 saturated heterocycles. The number of aromatic nitrogens is 3. The molecule has 80 valence electrons. The van der Waals surface area contributed by atoms with Crippen LogP contribution in [-0.4, -0.2) is 26.7 Å². The van der Waals surface area contributed by atoms with E-state index >= 15 is 0 Å². The summed E-state index contributed by atoms with van der Waals surface area (Å²) < 4.78 is 1.89. The summed E-state index contributed by atoms with van der Waals surface area (Å²) in [5.74, 6) is 0.641. The second-order valence-corrected chi connectivity index (χ2v) is 3.77. The first-order valence-corrected chi connectivity index (χ1v) is 5.26. The Morgan fingerprint density at radius 2 is 2.36 bits per heavy atom. The Kier molecular flexibility index (Phi) is 4.59. The molecule has 0 saturated carbocycles. The molecule has 4 heteroatoms. The zero-order valence-electron chi connectivity index (χ0n) is 8.98. The third kappa shape index (κ3) is 3.46. The maximum atomic E-state index is 8.66. The van der Waals surface area contributed by atoms with Gasteiger partial charge in [-0.15, -0.1) is 5.10 Å². The average Bonchev–Trinajstić information content (AvgIpc) is 2.62. The molecule has 1 atom stereocenters. The lowest BCUT2D eigenvalue weighted by atomic mass is 10.1. The monoisotopic (exact) mass is 197 g/mol. The van der Waals surface area contributed by atoms with Gasteiger partial charge in [-0.05, 0) is 18.8 Å². The van der Waals surface area contributed by atoms with Crippen molar-refractivity contribution < 1.29 is 5.11 Å². The lowest BCUT2D eigenvalue weighted by Crippen LogP contribution is -2.07. The zero-order chi connectivity index (χ0) is 10.4. The van der Waals surface area contributed by atoms with Gasteiger partial charge in [0.25, 0.3) is 0 Å². The summed E-state index contributed by atoms with van der Waals surface area (Å²) in [7, 11) is 0. The molecule has 1 unspecified atom stereocenters. The molecular weight excluding hydrogens is 178 g/mol. The maximum Gasteiger partial charge on any atom is 0.0828 e. The predicted octanol–water partition coefficient (Wildman–Crippen LogP) is 1.25. The van der Waals surface area contributed by atoms with Crippen molar-refractivity contribution in [2.45, 2.75) is 39.7 Å². The first kappa shape index (κ1) is 11.2. The van der Waals surface area contributed by atoms with Crippen LogP contribution in [0.3, 0.4) is 0 Å². The Bertz CT molecular complexity index is 260. The second kappa shape index (κ2) is 5.75. The van der Waals surface area contributed by atoms with E-state index in [-0.39, 0.29) is 6.61 Å². The van der Waals surface area contributed by atoms with Crippen molar-refractivity contribution in [1.29, 1.82) is 0 Å². The van der Waals surface area contributed by atoms with Gasteiger partial charge in [0.2, 0.25) is 0 Å².